The van der Waals surface area contributed by atoms with Crippen LogP contribution in [0.5, 0.6) is 0 Å². The van der Waals surface area contributed by atoms with E-state index in [0.717, 1.165) is 0 Å². The number of aliphatic hydroxyl groups excluding tert-OH is 4. The maximum atomic E-state index is 12.6. The minimum Gasteiger partial charge on any atom is -0.394 e. The van der Waals surface area contributed by atoms with E-state index in [2.05, 4.69) is 16.0 Å². The van der Waals surface area contributed by atoms with Crippen molar-refractivity contribution in [2.45, 2.75) is 103 Å². The summed E-state index contributed by atoms with van der Waals surface area (Å²) >= 11 is 0. The zero-order valence-electron chi connectivity index (χ0n) is 21.2. The van der Waals surface area contributed by atoms with Gasteiger partial charge in [-0.05, 0) is 20.3 Å². The lowest BCUT2D eigenvalue weighted by molar-refractivity contribution is -0.272. The molecule has 1 heterocycles. The molecule has 0 aromatic carbocycles. The van der Waals surface area contributed by atoms with Gasteiger partial charge in [-0.25, -0.2) is 0 Å². The lowest BCUT2D eigenvalue weighted by Gasteiger charge is -2.43. The van der Waals surface area contributed by atoms with Gasteiger partial charge in [-0.3, -0.25) is 24.5 Å². The van der Waals surface area contributed by atoms with Gasteiger partial charge >= 0.3 is 0 Å². The van der Waals surface area contributed by atoms with Gasteiger partial charge < -0.3 is 46.3 Å². The fraction of sp³-hybridized carbons (Fsp3) is 0.818. The van der Waals surface area contributed by atoms with E-state index in [1.807, 2.05) is 0 Å². The number of carbonyl (C=O) groups is 4. The number of hydrogen-bond acceptors (Lipinski definition) is 11. The zero-order valence-corrected chi connectivity index (χ0v) is 21.2. The van der Waals surface area contributed by atoms with Crippen molar-refractivity contribution in [3.05, 3.63) is 0 Å². The quantitative estimate of drug-likeness (QED) is 0.105. The number of nitrogens with two attached hydrogens (primary N) is 1. The molecule has 1 saturated heterocycles. The molecule has 9 N–H and O–H groups in total. The van der Waals surface area contributed by atoms with Crippen molar-refractivity contribution < 1.29 is 49.1 Å². The first-order valence-corrected chi connectivity index (χ1v) is 11.8. The van der Waals surface area contributed by atoms with Crippen LogP contribution in [-0.2, 0) is 28.7 Å². The molecular formula is C22H40N4O10. The third kappa shape index (κ3) is 9.35. The van der Waals surface area contributed by atoms with Crippen LogP contribution in [0.4, 0.5) is 0 Å². The van der Waals surface area contributed by atoms with Gasteiger partial charge in [0.25, 0.3) is 0 Å². The van der Waals surface area contributed by atoms with Crippen LogP contribution in [-0.4, -0.2) is 106 Å². The molecule has 3 amide bonds. The summed E-state index contributed by atoms with van der Waals surface area (Å²) in [6.45, 7) is 6.82. The van der Waals surface area contributed by atoms with E-state index in [1.165, 1.54) is 20.8 Å². The second-order valence-electron chi connectivity index (χ2n) is 9.23. The summed E-state index contributed by atoms with van der Waals surface area (Å²) in [6.07, 6.45) is -8.01. The summed E-state index contributed by atoms with van der Waals surface area (Å²) < 4.78 is 10.8. The third-order valence-electron chi connectivity index (χ3n) is 5.86. The standard InChI is InChI=1S/C22H40N4O10/c1-9(2)14(29)7-6-13(19(23)31)26-20(32)10(3)24-21(33)11(4)35-18-16(25-12(5)28)22(34)36-15(8-27)17(18)30/h9-11,13,15-18,21-22,24,27,30,33-34H,6-8H2,1-5H3,(H2,23,31)(H,25,28)(H,26,32)/t10-,11+,13+,15?,16?,17?,18?,21?,22?/m0/s1. The summed E-state index contributed by atoms with van der Waals surface area (Å²) in [7, 11) is 0. The predicted molar refractivity (Wildman–Crippen MR) is 125 cm³/mol. The van der Waals surface area contributed by atoms with Gasteiger partial charge in [-0.2, -0.15) is 0 Å². The fourth-order valence-corrected chi connectivity index (χ4v) is 3.58. The van der Waals surface area contributed by atoms with E-state index in [0.29, 0.717) is 0 Å². The lowest BCUT2D eigenvalue weighted by atomic mass is 9.96. The minimum absolute atomic E-state index is 0.0351. The van der Waals surface area contributed by atoms with Crippen LogP contribution in [0.15, 0.2) is 0 Å². The van der Waals surface area contributed by atoms with Gasteiger partial charge in [0.05, 0.1) is 18.8 Å². The number of amides is 3. The number of Topliss-reactive ketones (excluding diaryl/α,β-unsaturated/α-hetero) is 1. The average Bonchev–Trinajstić information content (AvgIpc) is 2.79. The Morgan fingerprint density at radius 3 is 2.22 bits per heavy atom. The Morgan fingerprint density at radius 1 is 1.11 bits per heavy atom. The molecule has 1 aliphatic heterocycles. The van der Waals surface area contributed by atoms with Crippen molar-refractivity contribution in [2.24, 2.45) is 11.7 Å². The Kier molecular flexibility index (Phi) is 12.8. The summed E-state index contributed by atoms with van der Waals surface area (Å²) in [4.78, 5) is 47.6. The highest BCUT2D eigenvalue weighted by molar-refractivity contribution is 5.89. The third-order valence-corrected chi connectivity index (χ3v) is 5.86. The minimum atomic E-state index is -1.60. The van der Waals surface area contributed by atoms with E-state index in [9.17, 15) is 39.6 Å². The molecule has 0 bridgehead atoms. The average molecular weight is 521 g/mol. The Labute approximate surface area is 209 Å². The van der Waals surface area contributed by atoms with E-state index in [-0.39, 0.29) is 24.5 Å². The molecule has 6 unspecified atom stereocenters. The lowest BCUT2D eigenvalue weighted by Crippen LogP contribution is -2.66. The SMILES string of the molecule is CC(=O)NC1C(O)OC(CO)C(O)C1O[C@H](C)C(O)N[C@@H](C)C(=O)N[C@H](CCC(=O)C(C)C)C(N)=O. The molecular weight excluding hydrogens is 480 g/mol. The highest BCUT2D eigenvalue weighted by atomic mass is 16.6. The van der Waals surface area contributed by atoms with Gasteiger partial charge in [0, 0.05) is 19.3 Å². The number of nitrogens with one attached hydrogen (secondary N) is 3. The van der Waals surface area contributed by atoms with Gasteiger partial charge in [-0.15, -0.1) is 0 Å². The van der Waals surface area contributed by atoms with E-state index < -0.39 is 79.4 Å². The monoisotopic (exact) mass is 520 g/mol. The number of hydrogen-bond donors (Lipinski definition) is 8. The maximum Gasteiger partial charge on any atom is 0.240 e. The van der Waals surface area contributed by atoms with Crippen LogP contribution in [0.25, 0.3) is 0 Å². The Bertz CT molecular complexity index is 767. The molecule has 9 atom stereocenters. The first-order valence-electron chi connectivity index (χ1n) is 11.8. The largest absolute Gasteiger partial charge is 0.394 e. The van der Waals surface area contributed by atoms with Crippen LogP contribution in [0.1, 0.15) is 47.5 Å². The van der Waals surface area contributed by atoms with Crippen LogP contribution in [0.2, 0.25) is 0 Å². The molecule has 14 nitrogen and oxygen atoms in total. The van der Waals surface area contributed by atoms with Gasteiger partial charge in [0.15, 0.2) is 6.29 Å². The van der Waals surface area contributed by atoms with Gasteiger partial charge in [0.1, 0.15) is 42.4 Å². The van der Waals surface area contributed by atoms with Crippen molar-refractivity contribution in [3.63, 3.8) is 0 Å². The summed E-state index contributed by atoms with van der Waals surface area (Å²) in [5.74, 6) is -2.32. The molecule has 14 heteroatoms. The Morgan fingerprint density at radius 2 is 1.72 bits per heavy atom. The van der Waals surface area contributed by atoms with Crippen LogP contribution in [0, 0.1) is 5.92 Å². The summed E-state index contributed by atoms with van der Waals surface area (Å²) in [5.41, 5.74) is 5.34. The number of carbonyl (C=O) groups excluding carboxylic acids is 4. The topological polar surface area (TPSA) is 230 Å². The van der Waals surface area contributed by atoms with Crippen LogP contribution >= 0.6 is 0 Å². The summed E-state index contributed by atoms with van der Waals surface area (Å²) in [6, 6.07) is -3.32. The molecule has 0 saturated carbocycles. The van der Waals surface area contributed by atoms with Crippen molar-refractivity contribution in [2.75, 3.05) is 6.61 Å². The van der Waals surface area contributed by atoms with E-state index >= 15 is 0 Å². The Hall–Kier alpha value is -2.20. The number of primary amides is 1. The van der Waals surface area contributed by atoms with Crippen molar-refractivity contribution in [1.82, 2.24) is 16.0 Å². The van der Waals surface area contributed by atoms with Crippen LogP contribution in [0.3, 0.4) is 0 Å². The molecule has 36 heavy (non-hydrogen) atoms. The Balaban J connectivity index is 2.78. The molecule has 1 fully saturated rings. The fourth-order valence-electron chi connectivity index (χ4n) is 3.58. The zero-order chi connectivity index (χ0) is 27.7. The molecule has 1 aliphatic rings. The van der Waals surface area contributed by atoms with Gasteiger partial charge in [-0.1, -0.05) is 13.8 Å². The summed E-state index contributed by atoms with van der Waals surface area (Å²) in [5, 5.41) is 48.1. The number of ether oxygens (including phenoxy) is 2. The first-order chi connectivity index (χ1) is 16.7. The molecule has 208 valence electrons. The van der Waals surface area contributed by atoms with Gasteiger partial charge in [0.2, 0.25) is 17.7 Å². The van der Waals surface area contributed by atoms with Crippen LogP contribution < -0.4 is 21.7 Å². The maximum absolute atomic E-state index is 12.6. The number of rotatable bonds is 14. The normalized spacial score (nSPS) is 27.6. The molecule has 0 aromatic rings. The molecule has 0 aliphatic carbocycles. The van der Waals surface area contributed by atoms with Crippen molar-refractivity contribution in [1.29, 1.82) is 0 Å². The number of aliphatic hydroxyl groups is 4. The molecule has 1 rings (SSSR count). The first kappa shape index (κ1) is 31.8. The second kappa shape index (κ2) is 14.5. The van der Waals surface area contributed by atoms with E-state index in [4.69, 9.17) is 15.2 Å². The molecule has 0 radical (unpaired) electrons. The van der Waals surface area contributed by atoms with Crippen molar-refractivity contribution in [3.8, 4) is 0 Å². The second-order valence-corrected chi connectivity index (χ2v) is 9.23. The van der Waals surface area contributed by atoms with Crippen molar-refractivity contribution >= 4 is 23.5 Å². The predicted octanol–water partition coefficient (Wildman–Crippen LogP) is -3.39. The highest BCUT2D eigenvalue weighted by Gasteiger charge is 2.46. The smallest absolute Gasteiger partial charge is 0.240 e. The molecule has 0 spiro atoms. The molecule has 0 aromatic heterocycles. The number of ketones is 1. The highest BCUT2D eigenvalue weighted by Crippen LogP contribution is 2.24. The van der Waals surface area contributed by atoms with E-state index in [1.54, 1.807) is 13.8 Å².